The highest BCUT2D eigenvalue weighted by molar-refractivity contribution is 5.18. The molecule has 2 heterocycles. The summed E-state index contributed by atoms with van der Waals surface area (Å²) in [5.41, 5.74) is 7.37. The standard InChI is InChI=1S/C16H22N4O/c17-14(12-20-9-5-2-6-10-20)16-18-15(21-19-16)11-13-7-3-1-4-8-13/h1,3-4,7-8,14H,2,5-6,9-12,17H2. The molecule has 1 aliphatic rings. The monoisotopic (exact) mass is 286 g/mol. The van der Waals surface area contributed by atoms with Crippen LogP contribution >= 0.6 is 0 Å². The first-order valence-electron chi connectivity index (χ1n) is 7.65. The Bertz CT molecular complexity index is 548. The van der Waals surface area contributed by atoms with Gasteiger partial charge in [-0.3, -0.25) is 0 Å². The number of rotatable bonds is 5. The van der Waals surface area contributed by atoms with Crippen molar-refractivity contribution in [3.8, 4) is 0 Å². The van der Waals surface area contributed by atoms with E-state index in [1.54, 1.807) is 0 Å². The van der Waals surface area contributed by atoms with Crippen LogP contribution in [0, 0.1) is 0 Å². The van der Waals surface area contributed by atoms with Crippen molar-refractivity contribution < 1.29 is 4.52 Å². The summed E-state index contributed by atoms with van der Waals surface area (Å²) in [6, 6.07) is 9.95. The molecule has 21 heavy (non-hydrogen) atoms. The molecule has 112 valence electrons. The summed E-state index contributed by atoms with van der Waals surface area (Å²) in [5.74, 6) is 1.25. The molecule has 0 bridgehead atoms. The van der Waals surface area contributed by atoms with Gasteiger partial charge in [-0.15, -0.1) is 0 Å². The zero-order chi connectivity index (χ0) is 14.5. The molecule has 1 atom stereocenters. The summed E-state index contributed by atoms with van der Waals surface area (Å²) in [4.78, 5) is 6.83. The van der Waals surface area contributed by atoms with E-state index in [1.807, 2.05) is 18.2 Å². The van der Waals surface area contributed by atoms with E-state index in [9.17, 15) is 0 Å². The van der Waals surface area contributed by atoms with Gasteiger partial charge in [0.15, 0.2) is 5.82 Å². The highest BCUT2D eigenvalue weighted by Crippen LogP contribution is 2.15. The smallest absolute Gasteiger partial charge is 0.231 e. The molecule has 5 nitrogen and oxygen atoms in total. The molecule has 0 aliphatic carbocycles. The van der Waals surface area contributed by atoms with Crippen molar-refractivity contribution in [1.82, 2.24) is 15.0 Å². The van der Waals surface area contributed by atoms with Crippen LogP contribution in [-0.4, -0.2) is 34.7 Å². The maximum atomic E-state index is 6.21. The predicted octanol–water partition coefficient (Wildman–Crippen LogP) is 2.15. The van der Waals surface area contributed by atoms with Gasteiger partial charge in [0.05, 0.1) is 12.5 Å². The minimum absolute atomic E-state index is 0.170. The molecule has 0 spiro atoms. The third kappa shape index (κ3) is 3.89. The van der Waals surface area contributed by atoms with Crippen molar-refractivity contribution in [2.45, 2.75) is 31.7 Å². The number of aromatic nitrogens is 2. The Morgan fingerprint density at radius 2 is 1.90 bits per heavy atom. The topological polar surface area (TPSA) is 68.2 Å². The maximum Gasteiger partial charge on any atom is 0.231 e. The van der Waals surface area contributed by atoms with Gasteiger partial charge in [-0.05, 0) is 31.5 Å². The quantitative estimate of drug-likeness (QED) is 0.912. The van der Waals surface area contributed by atoms with E-state index < -0.39 is 0 Å². The minimum atomic E-state index is -0.170. The fraction of sp³-hybridized carbons (Fsp3) is 0.500. The number of benzene rings is 1. The van der Waals surface area contributed by atoms with Gasteiger partial charge in [0, 0.05) is 6.54 Å². The van der Waals surface area contributed by atoms with Crippen LogP contribution in [0.5, 0.6) is 0 Å². The van der Waals surface area contributed by atoms with Crippen molar-refractivity contribution in [3.63, 3.8) is 0 Å². The first-order chi connectivity index (χ1) is 10.3. The summed E-state index contributed by atoms with van der Waals surface area (Å²) in [6.07, 6.45) is 4.51. The van der Waals surface area contributed by atoms with Crippen molar-refractivity contribution in [2.75, 3.05) is 19.6 Å². The van der Waals surface area contributed by atoms with E-state index in [-0.39, 0.29) is 6.04 Å². The Balaban J connectivity index is 1.58. The van der Waals surface area contributed by atoms with Gasteiger partial charge >= 0.3 is 0 Å². The average Bonchev–Trinajstić information content (AvgIpc) is 2.98. The number of hydrogen-bond acceptors (Lipinski definition) is 5. The van der Waals surface area contributed by atoms with Crippen molar-refractivity contribution in [3.05, 3.63) is 47.6 Å². The van der Waals surface area contributed by atoms with Gasteiger partial charge in [0.25, 0.3) is 0 Å². The molecule has 1 aromatic heterocycles. The molecule has 0 saturated carbocycles. The van der Waals surface area contributed by atoms with Crippen molar-refractivity contribution >= 4 is 0 Å². The highest BCUT2D eigenvalue weighted by atomic mass is 16.5. The zero-order valence-corrected chi connectivity index (χ0v) is 12.2. The number of nitrogens with two attached hydrogens (primary N) is 1. The molecule has 1 fully saturated rings. The molecule has 1 saturated heterocycles. The molecule has 2 aromatic rings. The Hall–Kier alpha value is -1.72. The van der Waals surface area contributed by atoms with Crippen molar-refractivity contribution in [1.29, 1.82) is 0 Å². The fourth-order valence-corrected chi connectivity index (χ4v) is 2.76. The van der Waals surface area contributed by atoms with Crippen LogP contribution in [-0.2, 0) is 6.42 Å². The molecular weight excluding hydrogens is 264 g/mol. The molecule has 2 N–H and O–H groups in total. The van der Waals surface area contributed by atoms with Gasteiger partial charge < -0.3 is 15.2 Å². The van der Waals surface area contributed by atoms with E-state index in [0.717, 1.165) is 25.2 Å². The Labute approximate surface area is 125 Å². The van der Waals surface area contributed by atoms with E-state index in [0.29, 0.717) is 18.1 Å². The lowest BCUT2D eigenvalue weighted by atomic mass is 10.1. The first kappa shape index (κ1) is 14.2. The second kappa shape index (κ2) is 6.83. The lowest BCUT2D eigenvalue weighted by Gasteiger charge is -2.27. The minimum Gasteiger partial charge on any atom is -0.339 e. The van der Waals surface area contributed by atoms with E-state index in [4.69, 9.17) is 10.3 Å². The van der Waals surface area contributed by atoms with Crippen LogP contribution in [0.1, 0.15) is 42.6 Å². The summed E-state index contributed by atoms with van der Waals surface area (Å²) < 4.78 is 5.32. The van der Waals surface area contributed by atoms with Gasteiger partial charge in [0.2, 0.25) is 5.89 Å². The van der Waals surface area contributed by atoms with Crippen molar-refractivity contribution in [2.24, 2.45) is 5.73 Å². The Morgan fingerprint density at radius 3 is 2.67 bits per heavy atom. The van der Waals surface area contributed by atoms with Crippen LogP contribution in [0.4, 0.5) is 0 Å². The van der Waals surface area contributed by atoms with Crippen LogP contribution in [0.25, 0.3) is 0 Å². The molecule has 1 aromatic carbocycles. The lowest BCUT2D eigenvalue weighted by molar-refractivity contribution is 0.213. The van der Waals surface area contributed by atoms with Gasteiger partial charge in [-0.2, -0.15) is 4.98 Å². The Morgan fingerprint density at radius 1 is 1.14 bits per heavy atom. The lowest BCUT2D eigenvalue weighted by Crippen LogP contribution is -2.36. The van der Waals surface area contributed by atoms with Crippen LogP contribution in [0.2, 0.25) is 0 Å². The number of nitrogens with zero attached hydrogens (tertiary/aromatic N) is 3. The maximum absolute atomic E-state index is 6.21. The highest BCUT2D eigenvalue weighted by Gasteiger charge is 2.19. The Kier molecular flexibility index (Phi) is 4.62. The van der Waals surface area contributed by atoms with E-state index in [2.05, 4.69) is 27.2 Å². The summed E-state index contributed by atoms with van der Waals surface area (Å²) in [6.45, 7) is 3.06. The number of piperidine rings is 1. The molecule has 0 radical (unpaired) electrons. The normalized spacial score (nSPS) is 17.8. The molecule has 1 unspecified atom stereocenters. The molecule has 3 rings (SSSR count). The predicted molar refractivity (Wildman–Crippen MR) is 80.8 cm³/mol. The molecular formula is C16H22N4O. The zero-order valence-electron chi connectivity index (χ0n) is 12.2. The number of likely N-dealkylation sites (tertiary alicyclic amines) is 1. The van der Waals surface area contributed by atoms with E-state index >= 15 is 0 Å². The first-order valence-corrected chi connectivity index (χ1v) is 7.65. The molecule has 1 aliphatic heterocycles. The molecule has 5 heteroatoms. The fourth-order valence-electron chi connectivity index (χ4n) is 2.76. The largest absolute Gasteiger partial charge is 0.339 e. The van der Waals surface area contributed by atoms with Crippen LogP contribution in [0.15, 0.2) is 34.9 Å². The summed E-state index contributed by atoms with van der Waals surface area (Å²) >= 11 is 0. The third-order valence-electron chi connectivity index (χ3n) is 3.92. The van der Waals surface area contributed by atoms with E-state index in [1.165, 1.54) is 19.3 Å². The van der Waals surface area contributed by atoms with Gasteiger partial charge in [0.1, 0.15) is 0 Å². The SMILES string of the molecule is NC(CN1CCCCC1)c1noc(Cc2ccccc2)n1. The average molecular weight is 286 g/mol. The van der Waals surface area contributed by atoms with Crippen LogP contribution < -0.4 is 5.73 Å². The second-order valence-corrected chi connectivity index (χ2v) is 5.68. The summed E-state index contributed by atoms with van der Waals surface area (Å²) in [7, 11) is 0. The third-order valence-corrected chi connectivity index (χ3v) is 3.92. The van der Waals surface area contributed by atoms with Crippen LogP contribution in [0.3, 0.4) is 0 Å². The number of hydrogen-bond donors (Lipinski definition) is 1. The van der Waals surface area contributed by atoms with Gasteiger partial charge in [-0.1, -0.05) is 41.9 Å². The summed E-state index contributed by atoms with van der Waals surface area (Å²) in [5, 5.41) is 4.04. The molecule has 0 amide bonds. The second-order valence-electron chi connectivity index (χ2n) is 5.68. The van der Waals surface area contributed by atoms with Gasteiger partial charge in [-0.25, -0.2) is 0 Å².